The van der Waals surface area contributed by atoms with E-state index in [4.69, 9.17) is 5.73 Å². The fourth-order valence-corrected chi connectivity index (χ4v) is 2.90. The summed E-state index contributed by atoms with van der Waals surface area (Å²) in [5.41, 5.74) is 6.10. The van der Waals surface area contributed by atoms with Crippen molar-refractivity contribution in [3.63, 3.8) is 0 Å². The number of nitrogens with two attached hydrogens (primary N) is 1. The minimum absolute atomic E-state index is 0.00114. The van der Waals surface area contributed by atoms with E-state index < -0.39 is 4.92 Å². The maximum Gasteiger partial charge on any atom is 0.288 e. The Hall–Kier alpha value is -1.21. The van der Waals surface area contributed by atoms with Gasteiger partial charge in [0.15, 0.2) is 0 Å². The molecule has 2 heterocycles. The monoisotopic (exact) mass is 328 g/mol. The number of piperidine rings is 1. The van der Waals surface area contributed by atoms with Gasteiger partial charge in [0.25, 0.3) is 5.69 Å². The van der Waals surface area contributed by atoms with Crippen LogP contribution in [0.3, 0.4) is 0 Å². The average Bonchev–Trinajstić information content (AvgIpc) is 2.32. The van der Waals surface area contributed by atoms with Crippen molar-refractivity contribution < 1.29 is 4.92 Å². The molecule has 1 saturated heterocycles. The summed E-state index contributed by atoms with van der Waals surface area (Å²) in [7, 11) is 0. The molecule has 0 aromatic carbocycles. The number of nitrogens with zero attached hydrogens (tertiary/aromatic N) is 3. The number of aromatic nitrogens is 1. The summed E-state index contributed by atoms with van der Waals surface area (Å²) in [6.07, 6.45) is 2.18. The quantitative estimate of drug-likeness (QED) is 0.665. The van der Waals surface area contributed by atoms with Crippen LogP contribution >= 0.6 is 15.9 Å². The normalized spacial score (nSPS) is 22.3. The van der Waals surface area contributed by atoms with Crippen LogP contribution in [-0.4, -0.2) is 29.0 Å². The zero-order valence-electron chi connectivity index (χ0n) is 11.0. The Labute approximate surface area is 120 Å². The van der Waals surface area contributed by atoms with E-state index in [-0.39, 0.29) is 17.1 Å². The summed E-state index contributed by atoms with van der Waals surface area (Å²) in [5.74, 6) is 0.741. The van der Waals surface area contributed by atoms with Crippen molar-refractivity contribution in [2.75, 3.05) is 18.0 Å². The SMILES string of the molecule is CC1(C)CN(c2ncc([N+](=O)[O-])cc2Br)CCC1N. The molecule has 2 rings (SSSR count). The van der Waals surface area contributed by atoms with E-state index in [1.165, 1.54) is 12.3 Å². The molecule has 1 aliphatic rings. The summed E-state index contributed by atoms with van der Waals surface area (Å²) in [5, 5.41) is 10.7. The average molecular weight is 329 g/mol. The van der Waals surface area contributed by atoms with E-state index in [2.05, 4.69) is 39.7 Å². The molecule has 0 saturated carbocycles. The second-order valence-electron chi connectivity index (χ2n) is 5.56. The number of nitro groups is 1. The largest absolute Gasteiger partial charge is 0.355 e. The molecule has 0 amide bonds. The van der Waals surface area contributed by atoms with Crippen LogP contribution in [0.5, 0.6) is 0 Å². The summed E-state index contributed by atoms with van der Waals surface area (Å²) in [6.45, 7) is 5.86. The first kappa shape index (κ1) is 14.2. The van der Waals surface area contributed by atoms with Crippen LogP contribution in [-0.2, 0) is 0 Å². The first-order valence-electron chi connectivity index (χ1n) is 6.12. The third-order valence-corrected chi connectivity index (χ3v) is 4.21. The number of halogens is 1. The molecule has 1 aromatic heterocycles. The van der Waals surface area contributed by atoms with Crippen LogP contribution in [0, 0.1) is 15.5 Å². The smallest absolute Gasteiger partial charge is 0.288 e. The molecule has 1 atom stereocenters. The van der Waals surface area contributed by atoms with E-state index in [1.807, 2.05) is 0 Å². The van der Waals surface area contributed by atoms with Crippen LogP contribution < -0.4 is 10.6 Å². The first-order valence-corrected chi connectivity index (χ1v) is 6.91. The van der Waals surface area contributed by atoms with Crippen molar-refractivity contribution in [2.24, 2.45) is 11.1 Å². The maximum atomic E-state index is 10.7. The number of rotatable bonds is 2. The van der Waals surface area contributed by atoms with Gasteiger partial charge in [0.2, 0.25) is 0 Å². The first-order chi connectivity index (χ1) is 8.81. The second kappa shape index (κ2) is 5.05. The number of pyridine rings is 1. The molecule has 104 valence electrons. The highest BCUT2D eigenvalue weighted by molar-refractivity contribution is 9.10. The fourth-order valence-electron chi connectivity index (χ4n) is 2.31. The molecule has 1 fully saturated rings. The van der Waals surface area contributed by atoms with Gasteiger partial charge in [0.1, 0.15) is 12.0 Å². The van der Waals surface area contributed by atoms with Crippen LogP contribution in [0.15, 0.2) is 16.7 Å². The highest BCUT2D eigenvalue weighted by atomic mass is 79.9. The highest BCUT2D eigenvalue weighted by Gasteiger charge is 2.34. The van der Waals surface area contributed by atoms with Crippen molar-refractivity contribution in [1.29, 1.82) is 0 Å². The van der Waals surface area contributed by atoms with Gasteiger partial charge in [0, 0.05) is 25.2 Å². The van der Waals surface area contributed by atoms with E-state index in [0.717, 1.165) is 25.3 Å². The second-order valence-corrected chi connectivity index (χ2v) is 6.42. The van der Waals surface area contributed by atoms with Gasteiger partial charge in [-0.1, -0.05) is 13.8 Å². The zero-order chi connectivity index (χ0) is 14.2. The van der Waals surface area contributed by atoms with Gasteiger partial charge in [-0.05, 0) is 27.8 Å². The minimum atomic E-state index is -0.447. The van der Waals surface area contributed by atoms with Gasteiger partial charge in [-0.2, -0.15) is 0 Å². The van der Waals surface area contributed by atoms with Gasteiger partial charge in [-0.25, -0.2) is 4.98 Å². The van der Waals surface area contributed by atoms with Gasteiger partial charge in [-0.15, -0.1) is 0 Å². The summed E-state index contributed by atoms with van der Waals surface area (Å²) < 4.78 is 0.646. The lowest BCUT2D eigenvalue weighted by Crippen LogP contribution is -2.52. The zero-order valence-corrected chi connectivity index (χ0v) is 12.6. The molecule has 7 heteroatoms. The predicted octanol–water partition coefficient (Wildman–Crippen LogP) is 2.32. The number of anilines is 1. The third kappa shape index (κ3) is 2.87. The van der Waals surface area contributed by atoms with E-state index in [9.17, 15) is 10.1 Å². The Balaban J connectivity index is 2.26. The molecule has 1 aromatic rings. The Morgan fingerprint density at radius 3 is 2.84 bits per heavy atom. The Morgan fingerprint density at radius 2 is 2.32 bits per heavy atom. The molecular formula is C12H17BrN4O2. The third-order valence-electron chi connectivity index (χ3n) is 3.63. The van der Waals surface area contributed by atoms with Crippen LogP contribution in [0.4, 0.5) is 11.5 Å². The molecule has 0 spiro atoms. The van der Waals surface area contributed by atoms with Crippen LogP contribution in [0.2, 0.25) is 0 Å². The minimum Gasteiger partial charge on any atom is -0.355 e. The number of hydrogen-bond donors (Lipinski definition) is 1. The molecule has 19 heavy (non-hydrogen) atoms. The van der Waals surface area contributed by atoms with Crippen LogP contribution in [0.25, 0.3) is 0 Å². The molecule has 0 aliphatic carbocycles. The van der Waals surface area contributed by atoms with Gasteiger partial charge in [-0.3, -0.25) is 10.1 Å². The Morgan fingerprint density at radius 1 is 1.63 bits per heavy atom. The molecular weight excluding hydrogens is 312 g/mol. The lowest BCUT2D eigenvalue weighted by Gasteiger charge is -2.43. The van der Waals surface area contributed by atoms with Crippen molar-refractivity contribution >= 4 is 27.4 Å². The van der Waals surface area contributed by atoms with Gasteiger partial charge in [0.05, 0.1) is 9.40 Å². The molecule has 0 radical (unpaired) electrons. The summed E-state index contributed by atoms with van der Waals surface area (Å²) in [6, 6.07) is 1.66. The lowest BCUT2D eigenvalue weighted by molar-refractivity contribution is -0.385. The molecule has 1 aliphatic heterocycles. The van der Waals surface area contributed by atoms with E-state index >= 15 is 0 Å². The topological polar surface area (TPSA) is 85.3 Å². The lowest BCUT2D eigenvalue weighted by atomic mass is 9.80. The van der Waals surface area contributed by atoms with E-state index in [0.29, 0.717) is 4.47 Å². The molecule has 6 nitrogen and oxygen atoms in total. The number of hydrogen-bond acceptors (Lipinski definition) is 5. The van der Waals surface area contributed by atoms with Crippen molar-refractivity contribution in [1.82, 2.24) is 4.98 Å². The standard InChI is InChI=1S/C12H17BrN4O2/c1-12(2)7-16(4-3-10(12)14)11-9(13)5-8(6-15-11)17(18)19/h5-6,10H,3-4,7,14H2,1-2H3. The highest BCUT2D eigenvalue weighted by Crippen LogP contribution is 2.34. The Bertz CT molecular complexity index is 507. The van der Waals surface area contributed by atoms with Crippen molar-refractivity contribution in [3.05, 3.63) is 26.9 Å². The Kier molecular flexibility index (Phi) is 3.78. The molecule has 2 N–H and O–H groups in total. The van der Waals surface area contributed by atoms with Crippen molar-refractivity contribution in [3.8, 4) is 0 Å². The fraction of sp³-hybridized carbons (Fsp3) is 0.583. The predicted molar refractivity (Wildman–Crippen MR) is 77.2 cm³/mol. The van der Waals surface area contributed by atoms with Gasteiger partial charge >= 0.3 is 0 Å². The molecule has 1 unspecified atom stereocenters. The van der Waals surface area contributed by atoms with Crippen LogP contribution in [0.1, 0.15) is 20.3 Å². The van der Waals surface area contributed by atoms with Gasteiger partial charge < -0.3 is 10.6 Å². The van der Waals surface area contributed by atoms with Crippen molar-refractivity contribution in [2.45, 2.75) is 26.3 Å². The maximum absolute atomic E-state index is 10.7. The summed E-state index contributed by atoms with van der Waals surface area (Å²) >= 11 is 3.36. The van der Waals surface area contributed by atoms with E-state index in [1.54, 1.807) is 0 Å². The summed E-state index contributed by atoms with van der Waals surface area (Å²) in [4.78, 5) is 16.6. The molecule has 0 bridgehead atoms.